The number of anilines is 1. The number of nitrogens with zero attached hydrogens (tertiary/aromatic N) is 6. The van der Waals surface area contributed by atoms with Crippen LogP contribution in [0, 0.1) is 11.7 Å². The van der Waals surface area contributed by atoms with Crippen LogP contribution in [-0.2, 0) is 21.3 Å². The van der Waals surface area contributed by atoms with Crippen molar-refractivity contribution in [1.29, 1.82) is 0 Å². The van der Waals surface area contributed by atoms with Gasteiger partial charge in [-0.05, 0) is 29.5 Å². The van der Waals surface area contributed by atoms with Gasteiger partial charge in [0.15, 0.2) is 12.1 Å². The number of quaternary nitrogens is 1. The average Bonchev–Trinajstić information content (AvgIpc) is 3.42. The van der Waals surface area contributed by atoms with E-state index in [9.17, 15) is 14.0 Å². The second kappa shape index (κ2) is 9.51. The first-order valence-electron chi connectivity index (χ1n) is 10.7. The van der Waals surface area contributed by atoms with Crippen LogP contribution in [0.5, 0.6) is 0 Å². The Morgan fingerprint density at radius 3 is 2.74 bits per heavy atom. The summed E-state index contributed by atoms with van der Waals surface area (Å²) in [5.41, 5.74) is 5.50. The van der Waals surface area contributed by atoms with E-state index >= 15 is 0 Å². The summed E-state index contributed by atoms with van der Waals surface area (Å²) in [4.78, 5) is 31.2. The highest BCUT2D eigenvalue weighted by Gasteiger charge is 2.34. The molecule has 0 aliphatic carbocycles. The van der Waals surface area contributed by atoms with Crippen LogP contribution >= 0.6 is 0 Å². The van der Waals surface area contributed by atoms with Crippen molar-refractivity contribution in [3.05, 3.63) is 42.3 Å². The lowest BCUT2D eigenvalue weighted by molar-refractivity contribution is -0.418. The van der Waals surface area contributed by atoms with Crippen LogP contribution < -0.4 is 10.6 Å². The molecule has 34 heavy (non-hydrogen) atoms. The van der Waals surface area contributed by atoms with Gasteiger partial charge >= 0.3 is 12.1 Å². The standard InChI is InChI=1S/C22H24FN7O4/c1-12(2)19(24)21(31)33-11-15-10-30(22(32)34-15)14-5-6-16(17(23)8-14)13-4-7-18(25-9-13)20-26-28-29(3)27-20/h4-9,12,15,19H,10-11,24H2,1-3H3/p+1/t15-,19+/m1/s1. The molecular formula is C22H25FN7O4+. The SMILES string of the molecule is CC(C)[C@H]([NH3+])C(=O)OC[C@H]1CN(c2ccc(-c3ccc(-c4nnn(C)n4)nc3)c(F)c2)C(=O)O1. The minimum absolute atomic E-state index is 0.0340. The number of aryl methyl sites for hydroxylation is 1. The van der Waals surface area contributed by atoms with Gasteiger partial charge in [0.05, 0.1) is 19.3 Å². The molecule has 2 aromatic heterocycles. The molecule has 1 aliphatic rings. The Kier molecular flexibility index (Phi) is 6.50. The van der Waals surface area contributed by atoms with E-state index in [-0.39, 0.29) is 19.1 Å². The lowest BCUT2D eigenvalue weighted by atomic mass is 10.1. The van der Waals surface area contributed by atoms with Gasteiger partial charge in [-0.1, -0.05) is 19.9 Å². The van der Waals surface area contributed by atoms with Gasteiger partial charge in [0.2, 0.25) is 5.82 Å². The van der Waals surface area contributed by atoms with E-state index in [2.05, 4.69) is 26.1 Å². The number of halogens is 1. The topological polar surface area (TPSA) is 140 Å². The van der Waals surface area contributed by atoms with E-state index in [1.54, 1.807) is 31.3 Å². The molecule has 1 amide bonds. The van der Waals surface area contributed by atoms with Gasteiger partial charge in [-0.25, -0.2) is 14.0 Å². The van der Waals surface area contributed by atoms with Crippen molar-refractivity contribution in [3.8, 4) is 22.6 Å². The fourth-order valence-corrected chi connectivity index (χ4v) is 3.35. The van der Waals surface area contributed by atoms with Crippen molar-refractivity contribution in [3.63, 3.8) is 0 Å². The Morgan fingerprint density at radius 2 is 2.12 bits per heavy atom. The third-order valence-corrected chi connectivity index (χ3v) is 5.47. The zero-order chi connectivity index (χ0) is 24.4. The van der Waals surface area contributed by atoms with E-state index in [0.29, 0.717) is 28.3 Å². The molecule has 1 fully saturated rings. The summed E-state index contributed by atoms with van der Waals surface area (Å²) >= 11 is 0. The van der Waals surface area contributed by atoms with Crippen molar-refractivity contribution in [2.24, 2.45) is 13.0 Å². The van der Waals surface area contributed by atoms with E-state index in [1.807, 2.05) is 13.8 Å². The molecule has 3 aromatic rings. The summed E-state index contributed by atoms with van der Waals surface area (Å²) < 4.78 is 25.4. The Labute approximate surface area is 194 Å². The summed E-state index contributed by atoms with van der Waals surface area (Å²) in [6.45, 7) is 3.79. The number of rotatable bonds is 7. The minimum Gasteiger partial charge on any atom is -0.457 e. The van der Waals surface area contributed by atoms with Gasteiger partial charge in [-0.2, -0.15) is 4.80 Å². The highest BCUT2D eigenvalue weighted by Crippen LogP contribution is 2.29. The molecule has 178 valence electrons. The number of amides is 1. The van der Waals surface area contributed by atoms with Crippen molar-refractivity contribution in [1.82, 2.24) is 25.2 Å². The molecule has 0 spiro atoms. The van der Waals surface area contributed by atoms with E-state index in [0.717, 1.165) is 0 Å². The molecule has 0 unspecified atom stereocenters. The smallest absolute Gasteiger partial charge is 0.414 e. The number of ether oxygens (including phenoxy) is 2. The number of hydrogen-bond donors (Lipinski definition) is 1. The lowest BCUT2D eigenvalue weighted by Crippen LogP contribution is -2.67. The number of carbonyl (C=O) groups excluding carboxylic acids is 2. The molecule has 0 radical (unpaired) electrons. The molecule has 3 heterocycles. The Balaban J connectivity index is 1.43. The van der Waals surface area contributed by atoms with E-state index < -0.39 is 30.0 Å². The lowest BCUT2D eigenvalue weighted by Gasteiger charge is -2.15. The number of carbonyl (C=O) groups is 2. The average molecular weight is 470 g/mol. The fourth-order valence-electron chi connectivity index (χ4n) is 3.35. The summed E-state index contributed by atoms with van der Waals surface area (Å²) in [6, 6.07) is 7.33. The predicted molar refractivity (Wildman–Crippen MR) is 118 cm³/mol. The first kappa shape index (κ1) is 23.2. The molecule has 0 saturated carbocycles. The summed E-state index contributed by atoms with van der Waals surface area (Å²) in [7, 11) is 1.65. The van der Waals surface area contributed by atoms with Crippen molar-refractivity contribution in [2.45, 2.75) is 26.0 Å². The quantitative estimate of drug-likeness (QED) is 0.508. The van der Waals surface area contributed by atoms with Crippen LogP contribution in [0.15, 0.2) is 36.5 Å². The van der Waals surface area contributed by atoms with Crippen LogP contribution in [0.1, 0.15) is 13.8 Å². The largest absolute Gasteiger partial charge is 0.457 e. The first-order valence-corrected chi connectivity index (χ1v) is 10.7. The molecular weight excluding hydrogens is 445 g/mol. The number of hydrogen-bond acceptors (Lipinski definition) is 8. The summed E-state index contributed by atoms with van der Waals surface area (Å²) in [5, 5.41) is 11.8. The summed E-state index contributed by atoms with van der Waals surface area (Å²) in [6.07, 6.45) is 0.237. The fraction of sp³-hybridized carbons (Fsp3) is 0.364. The second-order valence-electron chi connectivity index (χ2n) is 8.30. The molecule has 3 N–H and O–H groups in total. The normalized spacial score (nSPS) is 16.6. The van der Waals surface area contributed by atoms with Gasteiger partial charge in [0.1, 0.15) is 18.1 Å². The van der Waals surface area contributed by atoms with Crippen LogP contribution in [0.4, 0.5) is 14.9 Å². The second-order valence-corrected chi connectivity index (χ2v) is 8.30. The zero-order valence-corrected chi connectivity index (χ0v) is 19.0. The Hall–Kier alpha value is -3.93. The van der Waals surface area contributed by atoms with Gasteiger partial charge < -0.3 is 15.2 Å². The monoisotopic (exact) mass is 470 g/mol. The number of benzene rings is 1. The van der Waals surface area contributed by atoms with Crippen LogP contribution in [-0.4, -0.2) is 62.6 Å². The van der Waals surface area contributed by atoms with Crippen molar-refractivity contribution < 1.29 is 29.2 Å². The van der Waals surface area contributed by atoms with Gasteiger partial charge in [0.25, 0.3) is 0 Å². The molecule has 2 atom stereocenters. The molecule has 1 aromatic carbocycles. The maximum Gasteiger partial charge on any atom is 0.414 e. The maximum absolute atomic E-state index is 14.9. The third kappa shape index (κ3) is 4.86. The van der Waals surface area contributed by atoms with Gasteiger partial charge in [-0.15, -0.1) is 10.2 Å². The summed E-state index contributed by atoms with van der Waals surface area (Å²) in [5.74, 6) is -0.571. The molecule has 4 rings (SSSR count). The number of cyclic esters (lactones) is 1. The highest BCUT2D eigenvalue weighted by atomic mass is 19.1. The highest BCUT2D eigenvalue weighted by molar-refractivity contribution is 5.90. The Morgan fingerprint density at radius 1 is 1.32 bits per heavy atom. The van der Waals surface area contributed by atoms with Crippen LogP contribution in [0.25, 0.3) is 22.6 Å². The first-order chi connectivity index (χ1) is 16.2. The maximum atomic E-state index is 14.9. The third-order valence-electron chi connectivity index (χ3n) is 5.47. The van der Waals surface area contributed by atoms with Crippen LogP contribution in [0.2, 0.25) is 0 Å². The number of pyridine rings is 1. The molecule has 12 heteroatoms. The molecule has 0 bridgehead atoms. The van der Waals surface area contributed by atoms with Gasteiger partial charge in [-0.3, -0.25) is 9.88 Å². The minimum atomic E-state index is -0.648. The van der Waals surface area contributed by atoms with Crippen molar-refractivity contribution >= 4 is 17.7 Å². The molecule has 1 saturated heterocycles. The van der Waals surface area contributed by atoms with Crippen LogP contribution in [0.3, 0.4) is 0 Å². The zero-order valence-electron chi connectivity index (χ0n) is 19.0. The Bertz CT molecular complexity index is 1200. The number of aromatic nitrogens is 5. The predicted octanol–water partition coefficient (Wildman–Crippen LogP) is 1.21. The number of esters is 1. The van der Waals surface area contributed by atoms with E-state index in [1.165, 1.54) is 22.0 Å². The molecule has 11 nitrogen and oxygen atoms in total. The van der Waals surface area contributed by atoms with Crippen molar-refractivity contribution in [2.75, 3.05) is 18.1 Å². The number of tetrazole rings is 1. The molecule has 1 aliphatic heterocycles. The van der Waals surface area contributed by atoms with E-state index in [4.69, 9.17) is 9.47 Å². The van der Waals surface area contributed by atoms with Gasteiger partial charge in [0, 0.05) is 23.2 Å².